The maximum absolute atomic E-state index is 3.62. The van der Waals surface area contributed by atoms with Crippen LogP contribution in [0.4, 0.5) is 0 Å². The van der Waals surface area contributed by atoms with Gasteiger partial charge in [-0.3, -0.25) is 0 Å². The number of nitrogens with one attached hydrogen (secondary N) is 1. The van der Waals surface area contributed by atoms with Crippen molar-refractivity contribution in [1.82, 2.24) is 5.32 Å². The Balaban J connectivity index is 3.57. The van der Waals surface area contributed by atoms with Crippen LogP contribution in [-0.2, 0) is 0 Å². The first-order valence-corrected chi connectivity index (χ1v) is 7.73. The Hall–Kier alpha value is -0.0400. The molecule has 0 rings (SSSR count). The maximum atomic E-state index is 3.62. The summed E-state index contributed by atoms with van der Waals surface area (Å²) in [6.45, 7) is 16.4. The van der Waals surface area contributed by atoms with Crippen molar-refractivity contribution in [2.24, 2.45) is 23.7 Å². The van der Waals surface area contributed by atoms with Crippen molar-refractivity contribution in [3.63, 3.8) is 0 Å². The second-order valence-corrected chi connectivity index (χ2v) is 6.15. The predicted octanol–water partition coefficient (Wildman–Crippen LogP) is 4.72. The number of rotatable bonds is 10. The molecule has 0 aliphatic rings. The zero-order chi connectivity index (χ0) is 13.3. The van der Waals surface area contributed by atoms with E-state index in [1.54, 1.807) is 0 Å². The Bertz CT molecular complexity index is 145. The number of hydrogen-bond donors (Lipinski definition) is 1. The van der Waals surface area contributed by atoms with Gasteiger partial charge in [0.05, 0.1) is 0 Å². The highest BCUT2D eigenvalue weighted by Crippen LogP contribution is 2.19. The van der Waals surface area contributed by atoms with Crippen LogP contribution < -0.4 is 5.32 Å². The fraction of sp³-hybridized carbons (Fsp3) is 1.00. The molecule has 2 atom stereocenters. The minimum Gasteiger partial charge on any atom is -0.317 e. The molecule has 0 saturated heterocycles. The van der Waals surface area contributed by atoms with Crippen molar-refractivity contribution in [1.29, 1.82) is 0 Å². The molecule has 1 nitrogen and oxygen atoms in total. The number of hydrogen-bond acceptors (Lipinski definition) is 1. The summed E-state index contributed by atoms with van der Waals surface area (Å²) < 4.78 is 0. The van der Waals surface area contributed by atoms with E-state index in [9.17, 15) is 0 Å². The van der Waals surface area contributed by atoms with Crippen molar-refractivity contribution in [3.05, 3.63) is 0 Å². The van der Waals surface area contributed by atoms with Gasteiger partial charge < -0.3 is 5.32 Å². The van der Waals surface area contributed by atoms with Gasteiger partial charge in [-0.15, -0.1) is 0 Å². The molecule has 0 heterocycles. The van der Waals surface area contributed by atoms with Crippen LogP contribution in [0.5, 0.6) is 0 Å². The van der Waals surface area contributed by atoms with E-state index in [4.69, 9.17) is 0 Å². The molecular weight excluding hydrogens is 206 g/mol. The Morgan fingerprint density at radius 1 is 0.706 bits per heavy atom. The lowest BCUT2D eigenvalue weighted by molar-refractivity contribution is 0.323. The molecule has 1 heteroatoms. The molecule has 0 radical (unpaired) electrons. The standard InChI is InChI=1S/C16H35N/c1-7-15(13(3)4)9-11-17-12-10-16(8-2)14(5)6/h13-17H,7-12H2,1-6H3. The van der Waals surface area contributed by atoms with Crippen molar-refractivity contribution in [2.45, 2.75) is 67.2 Å². The third kappa shape index (κ3) is 7.81. The van der Waals surface area contributed by atoms with Crippen LogP contribution in [0.3, 0.4) is 0 Å². The van der Waals surface area contributed by atoms with E-state index in [2.05, 4.69) is 46.9 Å². The Kier molecular flexibility index (Phi) is 9.91. The summed E-state index contributed by atoms with van der Waals surface area (Å²) >= 11 is 0. The summed E-state index contributed by atoms with van der Waals surface area (Å²) in [4.78, 5) is 0. The van der Waals surface area contributed by atoms with Crippen LogP contribution in [-0.4, -0.2) is 13.1 Å². The molecule has 2 unspecified atom stereocenters. The van der Waals surface area contributed by atoms with Crippen molar-refractivity contribution in [2.75, 3.05) is 13.1 Å². The van der Waals surface area contributed by atoms with Gasteiger partial charge >= 0.3 is 0 Å². The van der Waals surface area contributed by atoms with E-state index in [-0.39, 0.29) is 0 Å². The minimum atomic E-state index is 0.834. The predicted molar refractivity (Wildman–Crippen MR) is 79.3 cm³/mol. The normalized spacial score (nSPS) is 15.5. The Labute approximate surface area is 110 Å². The third-order valence-corrected chi connectivity index (χ3v) is 4.32. The first-order chi connectivity index (χ1) is 8.02. The fourth-order valence-corrected chi connectivity index (χ4v) is 2.72. The molecule has 0 bridgehead atoms. The molecule has 0 aromatic heterocycles. The van der Waals surface area contributed by atoms with E-state index in [0.29, 0.717) is 0 Å². The van der Waals surface area contributed by atoms with E-state index in [1.807, 2.05) is 0 Å². The summed E-state index contributed by atoms with van der Waals surface area (Å²) in [5.41, 5.74) is 0. The van der Waals surface area contributed by atoms with Gasteiger partial charge in [-0.05, 0) is 49.6 Å². The molecule has 1 N–H and O–H groups in total. The summed E-state index contributed by atoms with van der Waals surface area (Å²) in [6, 6.07) is 0. The quantitative estimate of drug-likeness (QED) is 0.546. The molecule has 0 aliphatic heterocycles. The molecule has 0 amide bonds. The lowest BCUT2D eigenvalue weighted by atomic mass is 9.89. The molecule has 0 spiro atoms. The van der Waals surface area contributed by atoms with Gasteiger partial charge in [0, 0.05) is 0 Å². The van der Waals surface area contributed by atoms with Gasteiger partial charge in [0.25, 0.3) is 0 Å². The van der Waals surface area contributed by atoms with Crippen LogP contribution >= 0.6 is 0 Å². The van der Waals surface area contributed by atoms with E-state index in [1.165, 1.54) is 38.8 Å². The highest BCUT2D eigenvalue weighted by molar-refractivity contribution is 4.65. The van der Waals surface area contributed by atoms with Crippen molar-refractivity contribution in [3.8, 4) is 0 Å². The van der Waals surface area contributed by atoms with Crippen molar-refractivity contribution >= 4 is 0 Å². The van der Waals surface area contributed by atoms with Crippen LogP contribution in [0.1, 0.15) is 67.2 Å². The maximum Gasteiger partial charge on any atom is -0.00462 e. The van der Waals surface area contributed by atoms with E-state index in [0.717, 1.165) is 23.7 Å². The van der Waals surface area contributed by atoms with E-state index < -0.39 is 0 Å². The second-order valence-electron chi connectivity index (χ2n) is 6.15. The van der Waals surface area contributed by atoms with E-state index >= 15 is 0 Å². The van der Waals surface area contributed by atoms with Crippen molar-refractivity contribution < 1.29 is 0 Å². The highest BCUT2D eigenvalue weighted by atomic mass is 14.8. The molecule has 0 aromatic rings. The summed E-state index contributed by atoms with van der Waals surface area (Å²) in [6.07, 6.45) is 5.32. The average Bonchev–Trinajstić information content (AvgIpc) is 2.27. The molecule has 104 valence electrons. The molecule has 0 aliphatic carbocycles. The SMILES string of the molecule is CCC(CCNCCC(CC)C(C)C)C(C)C. The lowest BCUT2D eigenvalue weighted by Crippen LogP contribution is -2.23. The minimum absolute atomic E-state index is 0.834. The zero-order valence-electron chi connectivity index (χ0n) is 13.1. The lowest BCUT2D eigenvalue weighted by Gasteiger charge is -2.21. The van der Waals surface area contributed by atoms with Gasteiger partial charge in [-0.2, -0.15) is 0 Å². The van der Waals surface area contributed by atoms with Crippen LogP contribution in [0.2, 0.25) is 0 Å². The van der Waals surface area contributed by atoms with Crippen LogP contribution in [0.25, 0.3) is 0 Å². The zero-order valence-corrected chi connectivity index (χ0v) is 13.1. The first kappa shape index (κ1) is 17.0. The average molecular weight is 241 g/mol. The first-order valence-electron chi connectivity index (χ1n) is 7.73. The van der Waals surface area contributed by atoms with Gasteiger partial charge in [-0.1, -0.05) is 54.4 Å². The summed E-state index contributed by atoms with van der Waals surface area (Å²) in [5.74, 6) is 3.46. The van der Waals surface area contributed by atoms with Crippen LogP contribution in [0.15, 0.2) is 0 Å². The molecular formula is C16H35N. The summed E-state index contributed by atoms with van der Waals surface area (Å²) in [5, 5.41) is 3.62. The second kappa shape index (κ2) is 9.94. The fourth-order valence-electron chi connectivity index (χ4n) is 2.72. The molecule has 17 heavy (non-hydrogen) atoms. The summed E-state index contributed by atoms with van der Waals surface area (Å²) in [7, 11) is 0. The largest absolute Gasteiger partial charge is 0.317 e. The Morgan fingerprint density at radius 2 is 1.06 bits per heavy atom. The highest BCUT2D eigenvalue weighted by Gasteiger charge is 2.12. The Morgan fingerprint density at radius 3 is 1.29 bits per heavy atom. The van der Waals surface area contributed by atoms with Gasteiger partial charge in [0.2, 0.25) is 0 Å². The third-order valence-electron chi connectivity index (χ3n) is 4.32. The molecule has 0 aromatic carbocycles. The smallest absolute Gasteiger partial charge is 0.00462 e. The topological polar surface area (TPSA) is 12.0 Å². The van der Waals surface area contributed by atoms with Gasteiger partial charge in [0.1, 0.15) is 0 Å². The van der Waals surface area contributed by atoms with Crippen LogP contribution in [0, 0.1) is 23.7 Å². The van der Waals surface area contributed by atoms with Gasteiger partial charge in [-0.25, -0.2) is 0 Å². The monoisotopic (exact) mass is 241 g/mol. The molecule has 0 fully saturated rings. The molecule has 0 saturated carbocycles. The van der Waals surface area contributed by atoms with Gasteiger partial charge in [0.15, 0.2) is 0 Å².